The molecule has 2 aliphatic rings. The molecule has 0 radical (unpaired) electrons. The van der Waals surface area contributed by atoms with Gasteiger partial charge in [0.2, 0.25) is 0 Å². The number of carbonyl (C=O) groups is 2. The first-order chi connectivity index (χ1) is 12.1. The van der Waals surface area contributed by atoms with Crippen LogP contribution in [0, 0.1) is 0 Å². The lowest BCUT2D eigenvalue weighted by molar-refractivity contribution is -0.122. The van der Waals surface area contributed by atoms with Crippen LogP contribution in [0.2, 0.25) is 0 Å². The second-order valence-corrected chi connectivity index (χ2v) is 7.57. The number of aliphatic imine (C=N–C) groups is 1. The molecule has 2 aliphatic heterocycles. The zero-order valence-electron chi connectivity index (χ0n) is 13.4. The average Bonchev–Trinajstić information content (AvgIpc) is 3.27. The molecule has 25 heavy (non-hydrogen) atoms. The molecule has 5 nitrogen and oxygen atoms in total. The molecule has 0 bridgehead atoms. The van der Waals surface area contributed by atoms with E-state index in [9.17, 15) is 9.59 Å². The van der Waals surface area contributed by atoms with E-state index in [4.69, 9.17) is 4.42 Å². The summed E-state index contributed by atoms with van der Waals surface area (Å²) in [6, 6.07) is 11.7. The van der Waals surface area contributed by atoms with E-state index in [1.165, 1.54) is 22.2 Å². The molecule has 2 amide bonds. The standard InChI is InChI=1S/C18H14N2O3S2/c1-2-20-17(21)14(24-18(20)22)10-12-7-8-16(23-12)25-15-9-11-5-3-4-6-13(11)19-15/h3-8,10H,2,9H2,1H3/b14-10-. The van der Waals surface area contributed by atoms with Gasteiger partial charge in [0.25, 0.3) is 11.1 Å². The fourth-order valence-corrected chi connectivity index (χ4v) is 4.41. The number of fused-ring (bicyclic) bond motifs is 1. The van der Waals surface area contributed by atoms with E-state index in [-0.39, 0.29) is 11.1 Å². The van der Waals surface area contributed by atoms with Crippen LogP contribution in [0.15, 0.2) is 55.8 Å². The van der Waals surface area contributed by atoms with Crippen molar-refractivity contribution in [1.29, 1.82) is 0 Å². The first kappa shape index (κ1) is 16.2. The minimum atomic E-state index is -0.265. The van der Waals surface area contributed by atoms with Crippen LogP contribution < -0.4 is 0 Å². The van der Waals surface area contributed by atoms with Crippen molar-refractivity contribution in [2.75, 3.05) is 6.54 Å². The molecule has 2 aromatic rings. The van der Waals surface area contributed by atoms with Gasteiger partial charge in [-0.2, -0.15) is 0 Å². The highest BCUT2D eigenvalue weighted by Crippen LogP contribution is 2.35. The summed E-state index contributed by atoms with van der Waals surface area (Å²) in [6.45, 7) is 2.16. The average molecular weight is 370 g/mol. The molecule has 1 saturated heterocycles. The maximum Gasteiger partial charge on any atom is 0.293 e. The molecule has 4 rings (SSSR count). The molecule has 0 unspecified atom stereocenters. The van der Waals surface area contributed by atoms with Crippen molar-refractivity contribution in [3.05, 3.63) is 52.6 Å². The van der Waals surface area contributed by atoms with Crippen molar-refractivity contribution in [3.63, 3.8) is 0 Å². The number of furan rings is 1. The van der Waals surface area contributed by atoms with E-state index < -0.39 is 0 Å². The van der Waals surface area contributed by atoms with E-state index >= 15 is 0 Å². The lowest BCUT2D eigenvalue weighted by Gasteiger charge is -2.06. The monoisotopic (exact) mass is 370 g/mol. The lowest BCUT2D eigenvalue weighted by Crippen LogP contribution is -2.27. The molecule has 1 fully saturated rings. The number of para-hydroxylation sites is 1. The Labute approximate surface area is 153 Å². The van der Waals surface area contributed by atoms with Crippen molar-refractivity contribution in [2.45, 2.75) is 18.4 Å². The SMILES string of the molecule is CCN1C(=O)S/C(=C\c2ccc(SC3=Nc4ccccc4C3)o2)C1=O. The summed E-state index contributed by atoms with van der Waals surface area (Å²) in [6.07, 6.45) is 2.42. The van der Waals surface area contributed by atoms with Gasteiger partial charge in [-0.1, -0.05) is 18.2 Å². The van der Waals surface area contributed by atoms with E-state index in [0.29, 0.717) is 22.3 Å². The number of imide groups is 1. The summed E-state index contributed by atoms with van der Waals surface area (Å²) < 4.78 is 5.77. The van der Waals surface area contributed by atoms with Crippen LogP contribution in [-0.2, 0) is 11.2 Å². The molecular formula is C18H14N2O3S2. The van der Waals surface area contributed by atoms with Gasteiger partial charge in [0, 0.05) is 19.0 Å². The predicted molar refractivity (Wildman–Crippen MR) is 100 cm³/mol. The molecule has 0 atom stereocenters. The van der Waals surface area contributed by atoms with Gasteiger partial charge in [-0.15, -0.1) is 0 Å². The number of likely N-dealkylation sites (N-methyl/N-ethyl adjacent to an activating group) is 1. The Kier molecular flexibility index (Phi) is 4.27. The third-order valence-electron chi connectivity index (χ3n) is 3.86. The second-order valence-electron chi connectivity index (χ2n) is 5.50. The summed E-state index contributed by atoms with van der Waals surface area (Å²) in [5.74, 6) is 0.291. The maximum atomic E-state index is 12.1. The molecule has 0 saturated carbocycles. The third kappa shape index (κ3) is 3.17. The zero-order valence-corrected chi connectivity index (χ0v) is 15.0. The summed E-state index contributed by atoms with van der Waals surface area (Å²) in [5.41, 5.74) is 2.22. The predicted octanol–water partition coefficient (Wildman–Crippen LogP) is 4.71. The van der Waals surface area contributed by atoms with E-state index in [0.717, 1.165) is 28.9 Å². The van der Waals surface area contributed by atoms with Crippen LogP contribution in [0.25, 0.3) is 6.08 Å². The number of hydrogen-bond acceptors (Lipinski definition) is 6. The Morgan fingerprint density at radius 3 is 2.88 bits per heavy atom. The van der Waals surface area contributed by atoms with Crippen molar-refractivity contribution < 1.29 is 14.0 Å². The van der Waals surface area contributed by atoms with Crippen molar-refractivity contribution in [2.24, 2.45) is 4.99 Å². The van der Waals surface area contributed by atoms with Crippen molar-refractivity contribution in [3.8, 4) is 0 Å². The fourth-order valence-electron chi connectivity index (χ4n) is 2.65. The minimum absolute atomic E-state index is 0.238. The van der Waals surface area contributed by atoms with Gasteiger partial charge >= 0.3 is 0 Å². The Morgan fingerprint density at radius 1 is 1.28 bits per heavy atom. The number of nitrogens with zero attached hydrogens (tertiary/aromatic N) is 2. The normalized spacial score (nSPS) is 18.2. The number of rotatable bonds is 3. The summed E-state index contributed by atoms with van der Waals surface area (Å²) in [4.78, 5) is 30.1. The number of amides is 2. The number of carbonyl (C=O) groups excluding carboxylic acids is 2. The molecule has 0 N–H and O–H groups in total. The van der Waals surface area contributed by atoms with E-state index in [1.54, 1.807) is 19.1 Å². The van der Waals surface area contributed by atoms with Crippen LogP contribution in [0.5, 0.6) is 0 Å². The first-order valence-corrected chi connectivity index (χ1v) is 9.46. The zero-order chi connectivity index (χ0) is 17.4. The first-order valence-electron chi connectivity index (χ1n) is 7.82. The Hall–Kier alpha value is -2.25. The Balaban J connectivity index is 1.48. The molecule has 7 heteroatoms. The Bertz CT molecular complexity index is 930. The largest absolute Gasteiger partial charge is 0.450 e. The maximum absolute atomic E-state index is 12.1. The summed E-state index contributed by atoms with van der Waals surface area (Å²) >= 11 is 2.42. The van der Waals surface area contributed by atoms with Crippen LogP contribution in [0.3, 0.4) is 0 Å². The molecule has 3 heterocycles. The van der Waals surface area contributed by atoms with Gasteiger partial charge in [-0.3, -0.25) is 14.5 Å². The molecule has 126 valence electrons. The van der Waals surface area contributed by atoms with Gasteiger partial charge in [-0.25, -0.2) is 4.99 Å². The lowest BCUT2D eigenvalue weighted by atomic mass is 10.2. The number of hydrogen-bond donors (Lipinski definition) is 0. The molecule has 0 spiro atoms. The van der Waals surface area contributed by atoms with E-state index in [2.05, 4.69) is 11.1 Å². The van der Waals surface area contributed by atoms with Gasteiger partial charge in [-0.05, 0) is 54.2 Å². The summed E-state index contributed by atoms with van der Waals surface area (Å²) in [5, 5.41) is 1.46. The Morgan fingerprint density at radius 2 is 2.12 bits per heavy atom. The summed E-state index contributed by atoms with van der Waals surface area (Å²) in [7, 11) is 0. The van der Waals surface area contributed by atoms with Gasteiger partial charge < -0.3 is 4.42 Å². The number of benzene rings is 1. The highest BCUT2D eigenvalue weighted by molar-refractivity contribution is 8.18. The highest BCUT2D eigenvalue weighted by atomic mass is 32.2. The van der Waals surface area contributed by atoms with Crippen LogP contribution in [-0.4, -0.2) is 27.6 Å². The quantitative estimate of drug-likeness (QED) is 0.732. The topological polar surface area (TPSA) is 62.9 Å². The third-order valence-corrected chi connectivity index (χ3v) is 5.66. The van der Waals surface area contributed by atoms with Crippen LogP contribution in [0.4, 0.5) is 10.5 Å². The highest BCUT2D eigenvalue weighted by Gasteiger charge is 2.33. The molecule has 1 aromatic carbocycles. The molecular weight excluding hydrogens is 356 g/mol. The fraction of sp³-hybridized carbons (Fsp3) is 0.167. The van der Waals surface area contributed by atoms with Crippen LogP contribution in [0.1, 0.15) is 18.2 Å². The minimum Gasteiger partial charge on any atom is -0.450 e. The van der Waals surface area contributed by atoms with Crippen molar-refractivity contribution >= 4 is 51.5 Å². The van der Waals surface area contributed by atoms with Gasteiger partial charge in [0.1, 0.15) is 5.76 Å². The van der Waals surface area contributed by atoms with Crippen molar-refractivity contribution in [1.82, 2.24) is 4.90 Å². The van der Waals surface area contributed by atoms with Gasteiger partial charge in [0.15, 0.2) is 5.09 Å². The smallest absolute Gasteiger partial charge is 0.293 e. The molecule has 1 aromatic heterocycles. The van der Waals surface area contributed by atoms with Crippen LogP contribution >= 0.6 is 23.5 Å². The van der Waals surface area contributed by atoms with E-state index in [1.807, 2.05) is 24.3 Å². The van der Waals surface area contributed by atoms with Gasteiger partial charge in [0.05, 0.1) is 15.6 Å². The number of thioether (sulfide) groups is 2. The molecule has 0 aliphatic carbocycles. The second kappa shape index (κ2) is 6.57.